The van der Waals surface area contributed by atoms with Gasteiger partial charge in [0.15, 0.2) is 0 Å². The molecule has 15 heteroatoms. The van der Waals surface area contributed by atoms with E-state index in [1.165, 1.54) is 21.6 Å². The summed E-state index contributed by atoms with van der Waals surface area (Å²) >= 11 is 0. The number of nitrogens with two attached hydrogens (primary N) is 6. The van der Waals surface area contributed by atoms with Crippen LogP contribution < -0.4 is 34.4 Å². The summed E-state index contributed by atoms with van der Waals surface area (Å²) in [4.78, 5) is 29.5. The van der Waals surface area contributed by atoms with Crippen molar-refractivity contribution in [1.29, 1.82) is 0 Å². The Bertz CT molecular complexity index is 351. The van der Waals surface area contributed by atoms with Crippen molar-refractivity contribution >= 4 is 61.1 Å². The summed E-state index contributed by atoms with van der Waals surface area (Å²) in [6.45, 7) is 1.53. The summed E-state index contributed by atoms with van der Waals surface area (Å²) < 4.78 is 0. The Kier molecular flexibility index (Phi) is 26.1. The Labute approximate surface area is 168 Å². The van der Waals surface area contributed by atoms with Crippen molar-refractivity contribution in [3.63, 3.8) is 0 Å². The van der Waals surface area contributed by atoms with Crippen LogP contribution in [0.25, 0.3) is 0 Å². The minimum Gasteiger partial charge on any atom is -0.480 e. The summed E-state index contributed by atoms with van der Waals surface area (Å²) in [5, 5.41) is 16.8. The molecule has 0 fully saturated rings. The van der Waals surface area contributed by atoms with Crippen molar-refractivity contribution in [2.45, 2.75) is 12.1 Å². The van der Waals surface area contributed by atoms with Gasteiger partial charge in [0.2, 0.25) is 0 Å². The number of amides is 2. The number of urea groups is 1. The number of hydrogen-bond donors (Lipinski definition) is 8. The molecule has 0 aliphatic heterocycles. The normalized spacial score (nSPS) is 11.8. The molecule has 0 aliphatic rings. The van der Waals surface area contributed by atoms with Gasteiger partial charge in [-0.3, -0.25) is 9.59 Å². The van der Waals surface area contributed by atoms with Crippen molar-refractivity contribution in [2.24, 2.45) is 34.4 Å². The van der Waals surface area contributed by atoms with Gasteiger partial charge >= 0.3 is 18.0 Å². The fraction of sp³-hybridized carbons (Fsp3) is 0.727. The smallest absolute Gasteiger partial charge is 0.321 e. The van der Waals surface area contributed by atoms with Crippen LogP contribution in [0, 0.1) is 0 Å². The van der Waals surface area contributed by atoms with Crippen molar-refractivity contribution in [3.8, 4) is 0 Å². The molecule has 156 valence electrons. The maximum atomic E-state index is 10.3. The zero-order valence-electron chi connectivity index (χ0n) is 14.1. The van der Waals surface area contributed by atoms with Crippen LogP contribution in [0.15, 0.2) is 0 Å². The summed E-state index contributed by atoms with van der Waals surface area (Å²) in [5.41, 5.74) is 29.4. The Morgan fingerprint density at radius 1 is 0.731 bits per heavy atom. The number of carboxylic acid groups (broad SMARTS) is 2. The van der Waals surface area contributed by atoms with Gasteiger partial charge in [0, 0.05) is 36.1 Å². The lowest BCUT2D eigenvalue weighted by Gasteiger charge is -2.07. The monoisotopic (exact) mass is 452 g/mol. The minimum atomic E-state index is -1.07. The van der Waals surface area contributed by atoms with Crippen LogP contribution in [0.1, 0.15) is 0 Å². The molecule has 11 nitrogen and oxygen atoms in total. The third-order valence-electron chi connectivity index (χ3n) is 1.70. The summed E-state index contributed by atoms with van der Waals surface area (Å²) in [5.74, 6) is 0.384. The lowest BCUT2D eigenvalue weighted by atomic mass is 10.4. The Morgan fingerprint density at radius 2 is 1.00 bits per heavy atom. The van der Waals surface area contributed by atoms with Gasteiger partial charge in [-0.1, -0.05) is 43.2 Å². The van der Waals surface area contributed by atoms with E-state index in [4.69, 9.17) is 37.9 Å². The molecule has 26 heavy (non-hydrogen) atoms. The Morgan fingerprint density at radius 3 is 1.19 bits per heavy atom. The first-order chi connectivity index (χ1) is 12.1. The number of carbonyl (C=O) groups is 3. The molecule has 0 saturated heterocycles. The summed E-state index contributed by atoms with van der Waals surface area (Å²) in [6, 6.07) is -2.68. The number of aliphatic carboxylic acids is 2. The number of rotatable bonds is 12. The molecule has 0 spiro atoms. The topological polar surface area (TPSA) is 248 Å². The van der Waals surface area contributed by atoms with E-state index in [2.05, 4.69) is 11.5 Å². The average molecular weight is 453 g/mol. The SMILES string of the molecule is NC(N)=O.NCCSSCCN.N[C@@H](CSSC[C@H](N)C(=O)O)C(=O)O. The predicted octanol–water partition coefficient (Wildman–Crippen LogP) is -1.50. The van der Waals surface area contributed by atoms with Gasteiger partial charge in [-0.25, -0.2) is 4.79 Å². The molecule has 2 atom stereocenters. The lowest BCUT2D eigenvalue weighted by molar-refractivity contribution is -0.138. The Balaban J connectivity index is -0.000000370. The van der Waals surface area contributed by atoms with Crippen LogP contribution in [0.2, 0.25) is 0 Å². The predicted molar refractivity (Wildman–Crippen MR) is 113 cm³/mol. The first-order valence-corrected chi connectivity index (χ1v) is 12.0. The van der Waals surface area contributed by atoms with Gasteiger partial charge in [0.05, 0.1) is 0 Å². The molecule has 2 amide bonds. The maximum Gasteiger partial charge on any atom is 0.321 e. The van der Waals surface area contributed by atoms with Crippen LogP contribution >= 0.6 is 43.2 Å². The molecule has 0 rings (SSSR count). The molecule has 0 unspecified atom stereocenters. The Hall–Kier alpha value is -0.550. The number of carbonyl (C=O) groups excluding carboxylic acids is 1. The van der Waals surface area contributed by atoms with Crippen molar-refractivity contribution in [3.05, 3.63) is 0 Å². The highest BCUT2D eigenvalue weighted by atomic mass is 33.1. The molecule has 0 aromatic rings. The van der Waals surface area contributed by atoms with Gasteiger partial charge < -0.3 is 44.6 Å². The average Bonchev–Trinajstić information content (AvgIpc) is 2.55. The number of primary amides is 2. The molecular formula is C11H28N6O5S4. The second kappa shape index (κ2) is 22.5. The third kappa shape index (κ3) is 31.2. The van der Waals surface area contributed by atoms with E-state index in [1.807, 2.05) is 0 Å². The molecule has 0 heterocycles. The molecule has 0 radical (unpaired) electrons. The maximum absolute atomic E-state index is 10.3. The van der Waals surface area contributed by atoms with Crippen LogP contribution in [0.4, 0.5) is 4.79 Å². The van der Waals surface area contributed by atoms with Gasteiger partial charge in [0.1, 0.15) is 12.1 Å². The third-order valence-corrected chi connectivity index (χ3v) is 6.64. The molecule has 0 aromatic carbocycles. The highest BCUT2D eigenvalue weighted by Crippen LogP contribution is 2.22. The summed E-state index contributed by atoms with van der Waals surface area (Å²) in [6.07, 6.45) is 0. The highest BCUT2D eigenvalue weighted by Gasteiger charge is 2.14. The minimum absolute atomic E-state index is 0.229. The summed E-state index contributed by atoms with van der Waals surface area (Å²) in [7, 11) is 5.98. The number of hydrogen-bond acceptors (Lipinski definition) is 11. The van der Waals surface area contributed by atoms with E-state index >= 15 is 0 Å². The molecule has 0 bridgehead atoms. The zero-order chi connectivity index (χ0) is 21.0. The first-order valence-electron chi connectivity index (χ1n) is 7.00. The molecule has 0 aromatic heterocycles. The van der Waals surface area contributed by atoms with E-state index in [-0.39, 0.29) is 11.5 Å². The molecule has 14 N–H and O–H groups in total. The van der Waals surface area contributed by atoms with E-state index in [1.54, 1.807) is 21.6 Å². The zero-order valence-corrected chi connectivity index (χ0v) is 17.4. The standard InChI is InChI=1S/C6H12N2O4S2.C4H12N2S2.CH4N2O/c7-3(5(9)10)1-13-14-2-4(8)6(11)12;5-1-3-7-8-4-2-6;2-1(3)4/h3-4H,1-2,7-8H2,(H,9,10)(H,11,12);1-6H2;(H4,2,3,4)/t3-,4-;;/m0../s1. The van der Waals surface area contributed by atoms with Crippen LogP contribution in [-0.4, -0.2) is 76.4 Å². The van der Waals surface area contributed by atoms with E-state index in [0.717, 1.165) is 24.6 Å². The second-order valence-corrected chi connectivity index (χ2v) is 9.34. The van der Waals surface area contributed by atoms with Crippen LogP contribution in [-0.2, 0) is 9.59 Å². The number of carboxylic acids is 2. The lowest BCUT2D eigenvalue weighted by Crippen LogP contribution is -2.33. The van der Waals surface area contributed by atoms with Gasteiger partial charge in [-0.05, 0) is 0 Å². The molecular weight excluding hydrogens is 424 g/mol. The quantitative estimate of drug-likeness (QED) is 0.124. The van der Waals surface area contributed by atoms with Gasteiger partial charge in [-0.15, -0.1) is 0 Å². The largest absolute Gasteiger partial charge is 0.480 e. The first kappa shape index (κ1) is 30.2. The van der Waals surface area contributed by atoms with E-state index < -0.39 is 30.1 Å². The van der Waals surface area contributed by atoms with Gasteiger partial charge in [0.25, 0.3) is 0 Å². The fourth-order valence-corrected chi connectivity index (χ4v) is 4.54. The highest BCUT2D eigenvalue weighted by molar-refractivity contribution is 8.77. The molecule has 0 saturated carbocycles. The van der Waals surface area contributed by atoms with Crippen molar-refractivity contribution < 1.29 is 24.6 Å². The second-order valence-electron chi connectivity index (χ2n) is 4.08. The van der Waals surface area contributed by atoms with Crippen molar-refractivity contribution in [2.75, 3.05) is 36.1 Å². The van der Waals surface area contributed by atoms with E-state index in [0.29, 0.717) is 0 Å². The molecule has 0 aliphatic carbocycles. The van der Waals surface area contributed by atoms with Gasteiger partial charge in [-0.2, -0.15) is 0 Å². The van der Waals surface area contributed by atoms with Crippen molar-refractivity contribution in [1.82, 2.24) is 0 Å². The van der Waals surface area contributed by atoms with Crippen LogP contribution in [0.5, 0.6) is 0 Å². The van der Waals surface area contributed by atoms with E-state index in [9.17, 15) is 9.59 Å². The fourth-order valence-electron chi connectivity index (χ4n) is 0.599. The van der Waals surface area contributed by atoms with Crippen LogP contribution in [0.3, 0.4) is 0 Å².